The molecule has 1 heterocycles. The molecule has 2 aromatic rings. The predicted octanol–water partition coefficient (Wildman–Crippen LogP) is 3.64. The maximum absolute atomic E-state index is 13.2. The van der Waals surface area contributed by atoms with Crippen LogP contribution in [0.15, 0.2) is 54.6 Å². The third-order valence-electron chi connectivity index (χ3n) is 6.36. The zero-order chi connectivity index (χ0) is 24.0. The van der Waals surface area contributed by atoms with Gasteiger partial charge in [-0.05, 0) is 68.0 Å². The molecule has 2 atom stereocenters. The van der Waals surface area contributed by atoms with Gasteiger partial charge in [0.25, 0.3) is 11.8 Å². The molecule has 33 heavy (non-hydrogen) atoms. The molecule has 0 saturated carbocycles. The molecule has 3 rings (SSSR count). The van der Waals surface area contributed by atoms with Crippen molar-refractivity contribution in [2.24, 2.45) is 11.8 Å². The lowest BCUT2D eigenvalue weighted by Crippen LogP contribution is -2.55. The molecule has 0 aromatic heterocycles. The monoisotopic (exact) mass is 453 g/mol. The summed E-state index contributed by atoms with van der Waals surface area (Å²) < 4.78 is 13.2. The molecule has 0 aliphatic carbocycles. The number of nitrogens with zero attached hydrogens (tertiary/aromatic N) is 1. The average Bonchev–Trinajstić information content (AvgIpc) is 2.83. The lowest BCUT2D eigenvalue weighted by atomic mass is 9.87. The summed E-state index contributed by atoms with van der Waals surface area (Å²) in [5.74, 6) is -0.884. The minimum Gasteiger partial charge on any atom is -0.352 e. The van der Waals surface area contributed by atoms with Gasteiger partial charge in [0.2, 0.25) is 5.91 Å². The summed E-state index contributed by atoms with van der Waals surface area (Å²) in [7, 11) is 0. The number of nitrogens with one attached hydrogen (secondary N) is 2. The summed E-state index contributed by atoms with van der Waals surface area (Å²) in [6.45, 7) is 6.93. The molecule has 6 nitrogen and oxygen atoms in total. The lowest BCUT2D eigenvalue weighted by molar-refractivity contribution is -0.125. The average molecular weight is 454 g/mol. The Morgan fingerprint density at radius 2 is 1.48 bits per heavy atom. The number of carbonyl (C=O) groups is 3. The minimum absolute atomic E-state index is 0.0335. The molecule has 1 fully saturated rings. The van der Waals surface area contributed by atoms with Gasteiger partial charge in [0.05, 0.1) is 0 Å². The van der Waals surface area contributed by atoms with Gasteiger partial charge in [-0.2, -0.15) is 0 Å². The number of piperidine rings is 1. The second-order valence-corrected chi connectivity index (χ2v) is 8.99. The van der Waals surface area contributed by atoms with Gasteiger partial charge in [-0.25, -0.2) is 4.39 Å². The van der Waals surface area contributed by atoms with Gasteiger partial charge in [0.1, 0.15) is 11.9 Å². The fraction of sp³-hybridized carbons (Fsp3) is 0.423. The molecular formula is C26H32FN3O3. The molecule has 1 aliphatic rings. The number of hydrogen-bond acceptors (Lipinski definition) is 3. The smallest absolute Gasteiger partial charge is 0.253 e. The molecule has 0 radical (unpaired) electrons. The molecule has 2 aromatic carbocycles. The van der Waals surface area contributed by atoms with E-state index < -0.39 is 6.04 Å². The Morgan fingerprint density at radius 3 is 2.06 bits per heavy atom. The van der Waals surface area contributed by atoms with Gasteiger partial charge >= 0.3 is 0 Å². The number of carbonyl (C=O) groups excluding carboxylic acids is 3. The maximum atomic E-state index is 13.2. The van der Waals surface area contributed by atoms with Gasteiger partial charge in [0, 0.05) is 30.3 Å². The summed E-state index contributed by atoms with van der Waals surface area (Å²) in [6, 6.07) is 13.6. The highest BCUT2D eigenvalue weighted by Crippen LogP contribution is 2.23. The fourth-order valence-electron chi connectivity index (χ4n) is 3.90. The van der Waals surface area contributed by atoms with E-state index in [4.69, 9.17) is 0 Å². The highest BCUT2D eigenvalue weighted by atomic mass is 19.1. The van der Waals surface area contributed by atoms with E-state index in [1.807, 2.05) is 26.8 Å². The summed E-state index contributed by atoms with van der Waals surface area (Å²) in [5.41, 5.74) is 0.934. The SMILES string of the molecule is CC(C)[C@@H](C)NC(=O)[C@@H](NC(=O)c1ccccc1)C1CCN(C(=O)c2ccc(F)cc2)CC1. The van der Waals surface area contributed by atoms with Crippen LogP contribution in [0.25, 0.3) is 0 Å². The van der Waals surface area contributed by atoms with Crippen LogP contribution in [0.3, 0.4) is 0 Å². The van der Waals surface area contributed by atoms with Crippen molar-refractivity contribution in [3.8, 4) is 0 Å². The number of amides is 3. The molecule has 1 aliphatic heterocycles. The standard InChI is InChI=1S/C26H32FN3O3/c1-17(2)18(3)28-25(32)23(29-24(31)20-7-5-4-6-8-20)19-13-15-30(16-14-19)26(33)21-9-11-22(27)12-10-21/h4-12,17-19,23H,13-16H2,1-3H3,(H,28,32)(H,29,31)/t18-,23+/m1/s1. The van der Waals surface area contributed by atoms with E-state index in [0.29, 0.717) is 37.1 Å². The zero-order valence-corrected chi connectivity index (χ0v) is 19.4. The Morgan fingerprint density at radius 1 is 0.879 bits per heavy atom. The van der Waals surface area contributed by atoms with E-state index in [9.17, 15) is 18.8 Å². The van der Waals surface area contributed by atoms with Crippen molar-refractivity contribution in [3.05, 3.63) is 71.5 Å². The topological polar surface area (TPSA) is 78.5 Å². The summed E-state index contributed by atoms with van der Waals surface area (Å²) in [5, 5.41) is 5.96. The third-order valence-corrected chi connectivity index (χ3v) is 6.36. The summed E-state index contributed by atoms with van der Waals surface area (Å²) in [6.07, 6.45) is 1.16. The molecule has 1 saturated heterocycles. The maximum Gasteiger partial charge on any atom is 0.253 e. The van der Waals surface area contributed by atoms with Gasteiger partial charge in [0.15, 0.2) is 0 Å². The van der Waals surface area contributed by atoms with Crippen molar-refractivity contribution >= 4 is 17.7 Å². The van der Waals surface area contributed by atoms with E-state index in [2.05, 4.69) is 10.6 Å². The number of likely N-dealkylation sites (tertiary alicyclic amines) is 1. The van der Waals surface area contributed by atoms with Crippen molar-refractivity contribution in [1.82, 2.24) is 15.5 Å². The van der Waals surface area contributed by atoms with Gasteiger partial charge in [-0.3, -0.25) is 14.4 Å². The normalized spacial score (nSPS) is 16.2. The molecule has 0 bridgehead atoms. The Labute approximate surface area is 194 Å². The number of halogens is 1. The van der Waals surface area contributed by atoms with Crippen LogP contribution in [0.1, 0.15) is 54.3 Å². The van der Waals surface area contributed by atoms with Gasteiger partial charge in [-0.1, -0.05) is 32.0 Å². The summed E-state index contributed by atoms with van der Waals surface area (Å²) in [4.78, 5) is 40.4. The third kappa shape index (κ3) is 6.40. The van der Waals surface area contributed by atoms with E-state index >= 15 is 0 Å². The quantitative estimate of drug-likeness (QED) is 0.672. The molecule has 0 unspecified atom stereocenters. The Kier molecular flexibility index (Phi) is 8.20. The highest BCUT2D eigenvalue weighted by molar-refractivity contribution is 5.97. The second kappa shape index (κ2) is 11.1. The zero-order valence-electron chi connectivity index (χ0n) is 19.4. The van der Waals surface area contributed by atoms with E-state index in [1.165, 1.54) is 24.3 Å². The van der Waals surface area contributed by atoms with Crippen LogP contribution < -0.4 is 10.6 Å². The Bertz CT molecular complexity index is 955. The highest BCUT2D eigenvalue weighted by Gasteiger charge is 2.34. The van der Waals surface area contributed by atoms with Crippen molar-refractivity contribution in [2.75, 3.05) is 13.1 Å². The Hall–Kier alpha value is -3.22. The van der Waals surface area contributed by atoms with Crippen molar-refractivity contribution in [3.63, 3.8) is 0 Å². The van der Waals surface area contributed by atoms with Crippen LogP contribution in [0, 0.1) is 17.7 Å². The largest absolute Gasteiger partial charge is 0.352 e. The van der Waals surface area contributed by atoms with Crippen molar-refractivity contribution in [1.29, 1.82) is 0 Å². The van der Waals surface area contributed by atoms with E-state index in [1.54, 1.807) is 29.2 Å². The number of rotatable bonds is 7. The van der Waals surface area contributed by atoms with Crippen LogP contribution in [0.4, 0.5) is 4.39 Å². The van der Waals surface area contributed by atoms with Crippen molar-refractivity contribution in [2.45, 2.75) is 45.7 Å². The first-order chi connectivity index (χ1) is 15.8. The fourth-order valence-corrected chi connectivity index (χ4v) is 3.90. The lowest BCUT2D eigenvalue weighted by Gasteiger charge is -2.36. The molecule has 0 spiro atoms. The predicted molar refractivity (Wildman–Crippen MR) is 125 cm³/mol. The Balaban J connectivity index is 1.69. The van der Waals surface area contributed by atoms with Crippen LogP contribution in [-0.4, -0.2) is 47.8 Å². The molecule has 7 heteroatoms. The number of hydrogen-bond donors (Lipinski definition) is 2. The second-order valence-electron chi connectivity index (χ2n) is 8.99. The van der Waals surface area contributed by atoms with E-state index in [0.717, 1.165) is 0 Å². The summed E-state index contributed by atoms with van der Waals surface area (Å²) >= 11 is 0. The first-order valence-corrected chi connectivity index (χ1v) is 11.5. The minimum atomic E-state index is -0.693. The molecule has 3 amide bonds. The molecular weight excluding hydrogens is 421 g/mol. The first kappa shape index (κ1) is 24.4. The first-order valence-electron chi connectivity index (χ1n) is 11.5. The van der Waals surface area contributed by atoms with Crippen molar-refractivity contribution < 1.29 is 18.8 Å². The van der Waals surface area contributed by atoms with Crippen LogP contribution in [-0.2, 0) is 4.79 Å². The molecule has 176 valence electrons. The van der Waals surface area contributed by atoms with E-state index in [-0.39, 0.29) is 41.4 Å². The van der Waals surface area contributed by atoms with Crippen LogP contribution in [0.5, 0.6) is 0 Å². The van der Waals surface area contributed by atoms with Gasteiger partial charge < -0.3 is 15.5 Å². The molecule has 2 N–H and O–H groups in total. The number of benzene rings is 2. The van der Waals surface area contributed by atoms with Crippen LogP contribution >= 0.6 is 0 Å². The van der Waals surface area contributed by atoms with Crippen LogP contribution in [0.2, 0.25) is 0 Å². The van der Waals surface area contributed by atoms with Gasteiger partial charge in [-0.15, -0.1) is 0 Å².